The van der Waals surface area contributed by atoms with Crippen LogP contribution in [0.5, 0.6) is 0 Å². The number of aromatic nitrogens is 2. The van der Waals surface area contributed by atoms with Crippen LogP contribution in [0.25, 0.3) is 0 Å². The third-order valence-corrected chi connectivity index (χ3v) is 8.06. The van der Waals surface area contributed by atoms with E-state index < -0.39 is 21.1 Å². The van der Waals surface area contributed by atoms with Crippen LogP contribution in [0.4, 0.5) is 11.5 Å². The zero-order valence-electron chi connectivity index (χ0n) is 18.3. The Labute approximate surface area is 182 Å². The number of amides is 1. The molecule has 11 heteroatoms. The topological polar surface area (TPSA) is 139 Å². The highest BCUT2D eigenvalue weighted by Crippen LogP contribution is 2.29. The van der Waals surface area contributed by atoms with E-state index in [-0.39, 0.29) is 47.5 Å². The second-order valence-corrected chi connectivity index (χ2v) is 10.9. The van der Waals surface area contributed by atoms with Gasteiger partial charge in [-0.15, -0.1) is 0 Å². The van der Waals surface area contributed by atoms with Crippen molar-refractivity contribution in [3.8, 4) is 0 Å². The van der Waals surface area contributed by atoms with E-state index in [1.165, 1.54) is 9.47 Å². The normalized spacial score (nSPS) is 20.8. The highest BCUT2D eigenvalue weighted by molar-refractivity contribution is 7.91. The SMILES string of the molecule is CCCCn1c(N)c(N(C)CC(=O)N(C2CCCC2)C2CCS(=O)(=O)C2)c(=O)[nH]c1=O. The molecule has 3 rings (SSSR count). The first-order chi connectivity index (χ1) is 14.6. The molecular formula is C20H33N5O5S. The van der Waals surface area contributed by atoms with Crippen LogP contribution in [0.3, 0.4) is 0 Å². The smallest absolute Gasteiger partial charge is 0.330 e. The van der Waals surface area contributed by atoms with Gasteiger partial charge < -0.3 is 15.5 Å². The Morgan fingerprint density at radius 2 is 1.87 bits per heavy atom. The number of anilines is 2. The summed E-state index contributed by atoms with van der Waals surface area (Å²) in [5, 5.41) is 0. The van der Waals surface area contributed by atoms with Gasteiger partial charge in [-0.2, -0.15) is 0 Å². The molecule has 1 aliphatic carbocycles. The van der Waals surface area contributed by atoms with E-state index in [1.807, 2.05) is 6.92 Å². The van der Waals surface area contributed by atoms with Crippen LogP contribution in [0, 0.1) is 0 Å². The Morgan fingerprint density at radius 3 is 2.45 bits per heavy atom. The van der Waals surface area contributed by atoms with Gasteiger partial charge in [0.15, 0.2) is 9.84 Å². The molecule has 1 unspecified atom stereocenters. The summed E-state index contributed by atoms with van der Waals surface area (Å²) in [4.78, 5) is 43.5. The average Bonchev–Trinajstić information content (AvgIpc) is 3.31. The zero-order valence-corrected chi connectivity index (χ0v) is 19.1. The maximum atomic E-state index is 13.3. The fourth-order valence-corrected chi connectivity index (χ4v) is 6.44. The summed E-state index contributed by atoms with van der Waals surface area (Å²) >= 11 is 0. The molecule has 2 heterocycles. The highest BCUT2D eigenvalue weighted by atomic mass is 32.2. The molecule has 2 aliphatic rings. The molecular weight excluding hydrogens is 422 g/mol. The van der Waals surface area contributed by atoms with Crippen molar-refractivity contribution in [2.45, 2.75) is 70.5 Å². The molecule has 0 spiro atoms. The number of sulfone groups is 1. The Kier molecular flexibility index (Phi) is 7.13. The van der Waals surface area contributed by atoms with Crippen LogP contribution in [-0.2, 0) is 21.2 Å². The van der Waals surface area contributed by atoms with Crippen molar-refractivity contribution in [2.24, 2.45) is 0 Å². The molecule has 10 nitrogen and oxygen atoms in total. The van der Waals surface area contributed by atoms with Gasteiger partial charge in [-0.1, -0.05) is 26.2 Å². The van der Waals surface area contributed by atoms with Crippen LogP contribution in [0.2, 0.25) is 0 Å². The molecule has 1 aromatic rings. The van der Waals surface area contributed by atoms with E-state index in [1.54, 1.807) is 11.9 Å². The van der Waals surface area contributed by atoms with Crippen molar-refractivity contribution >= 4 is 27.2 Å². The van der Waals surface area contributed by atoms with E-state index in [4.69, 9.17) is 5.73 Å². The molecule has 1 amide bonds. The molecule has 1 aliphatic heterocycles. The van der Waals surface area contributed by atoms with Gasteiger partial charge in [0.2, 0.25) is 5.91 Å². The predicted octanol–water partition coefficient (Wildman–Crippen LogP) is 0.313. The molecule has 3 N–H and O–H groups in total. The fourth-order valence-electron chi connectivity index (χ4n) is 4.73. The van der Waals surface area contributed by atoms with Gasteiger partial charge >= 0.3 is 5.69 Å². The number of nitrogen functional groups attached to an aromatic ring is 1. The summed E-state index contributed by atoms with van der Waals surface area (Å²) in [6, 6.07) is -0.309. The van der Waals surface area contributed by atoms with Crippen molar-refractivity contribution in [1.29, 1.82) is 0 Å². The van der Waals surface area contributed by atoms with Gasteiger partial charge in [0.25, 0.3) is 5.56 Å². The molecule has 1 saturated carbocycles. The highest BCUT2D eigenvalue weighted by Gasteiger charge is 2.39. The minimum absolute atomic E-state index is 0.0103. The van der Waals surface area contributed by atoms with Crippen molar-refractivity contribution in [3.05, 3.63) is 20.8 Å². The first-order valence-corrected chi connectivity index (χ1v) is 12.8. The van der Waals surface area contributed by atoms with E-state index in [0.29, 0.717) is 13.0 Å². The number of unbranched alkanes of at least 4 members (excludes halogenated alkanes) is 1. The van der Waals surface area contributed by atoms with Crippen molar-refractivity contribution in [3.63, 3.8) is 0 Å². The number of H-pyrrole nitrogens is 1. The van der Waals surface area contributed by atoms with Crippen LogP contribution < -0.4 is 21.9 Å². The Morgan fingerprint density at radius 1 is 1.19 bits per heavy atom. The lowest BCUT2D eigenvalue weighted by Gasteiger charge is -2.35. The summed E-state index contributed by atoms with van der Waals surface area (Å²) in [6.45, 7) is 2.24. The third-order valence-electron chi connectivity index (χ3n) is 6.31. The summed E-state index contributed by atoms with van der Waals surface area (Å²) < 4.78 is 25.4. The zero-order chi connectivity index (χ0) is 22.8. The first kappa shape index (κ1) is 23.4. The summed E-state index contributed by atoms with van der Waals surface area (Å²) in [6.07, 6.45) is 5.77. The number of nitrogens with zero attached hydrogens (tertiary/aromatic N) is 3. The second kappa shape index (κ2) is 9.46. The van der Waals surface area contributed by atoms with Crippen LogP contribution >= 0.6 is 0 Å². The predicted molar refractivity (Wildman–Crippen MR) is 120 cm³/mol. The number of rotatable bonds is 8. The quantitative estimate of drug-likeness (QED) is 0.575. The summed E-state index contributed by atoms with van der Waals surface area (Å²) in [5.74, 6) is -0.0993. The van der Waals surface area contributed by atoms with E-state index in [9.17, 15) is 22.8 Å². The number of hydrogen-bond donors (Lipinski definition) is 2. The van der Waals surface area contributed by atoms with Gasteiger partial charge in [-0.05, 0) is 25.7 Å². The second-order valence-electron chi connectivity index (χ2n) is 8.65. The number of nitrogens with two attached hydrogens (primary N) is 1. The number of aromatic amines is 1. The summed E-state index contributed by atoms with van der Waals surface area (Å²) in [5.41, 5.74) is 5.03. The molecule has 2 fully saturated rings. The molecule has 1 saturated heterocycles. The number of nitrogens with one attached hydrogen (secondary N) is 1. The van der Waals surface area contributed by atoms with E-state index in [0.717, 1.165) is 38.5 Å². The number of likely N-dealkylation sites (N-methyl/N-ethyl adjacent to an activating group) is 1. The van der Waals surface area contributed by atoms with Crippen molar-refractivity contribution in [2.75, 3.05) is 35.7 Å². The van der Waals surface area contributed by atoms with Gasteiger partial charge in [-0.25, -0.2) is 13.2 Å². The lowest BCUT2D eigenvalue weighted by atomic mass is 10.1. The average molecular weight is 456 g/mol. The molecule has 31 heavy (non-hydrogen) atoms. The van der Waals surface area contributed by atoms with Crippen molar-refractivity contribution < 1.29 is 13.2 Å². The Hall–Kier alpha value is -2.30. The van der Waals surface area contributed by atoms with E-state index >= 15 is 0 Å². The third kappa shape index (κ3) is 5.13. The molecule has 0 bridgehead atoms. The lowest BCUT2D eigenvalue weighted by molar-refractivity contribution is -0.134. The maximum absolute atomic E-state index is 13.3. The molecule has 0 aromatic carbocycles. The maximum Gasteiger partial charge on any atom is 0.330 e. The fraction of sp³-hybridized carbons (Fsp3) is 0.750. The molecule has 174 valence electrons. The van der Waals surface area contributed by atoms with Gasteiger partial charge in [0.05, 0.1) is 18.1 Å². The van der Waals surface area contributed by atoms with Gasteiger partial charge in [0.1, 0.15) is 11.5 Å². The summed E-state index contributed by atoms with van der Waals surface area (Å²) in [7, 11) is -1.55. The standard InChI is InChI=1S/C20H33N5O5S/c1-3-4-10-24-18(21)17(19(27)22-20(24)28)23(2)12-16(26)25(14-7-5-6-8-14)15-9-11-31(29,30)13-15/h14-15H,3-13,21H2,1-2H3,(H,22,27,28). The molecule has 0 radical (unpaired) electrons. The number of carbonyl (C=O) groups excluding carboxylic acids is 1. The molecule has 1 atom stereocenters. The largest absolute Gasteiger partial charge is 0.383 e. The van der Waals surface area contributed by atoms with Gasteiger partial charge in [-0.3, -0.25) is 19.1 Å². The Balaban J connectivity index is 1.85. The minimum Gasteiger partial charge on any atom is -0.383 e. The molecule has 1 aromatic heterocycles. The number of carbonyl (C=O) groups is 1. The lowest BCUT2D eigenvalue weighted by Crippen LogP contribution is -2.51. The van der Waals surface area contributed by atoms with Crippen LogP contribution in [0.15, 0.2) is 9.59 Å². The van der Waals surface area contributed by atoms with E-state index in [2.05, 4.69) is 4.98 Å². The monoisotopic (exact) mass is 455 g/mol. The van der Waals surface area contributed by atoms with Crippen LogP contribution in [0.1, 0.15) is 51.9 Å². The minimum atomic E-state index is -3.14. The van der Waals surface area contributed by atoms with Crippen molar-refractivity contribution in [1.82, 2.24) is 14.5 Å². The first-order valence-electron chi connectivity index (χ1n) is 11.0. The Bertz CT molecular complexity index is 1030. The van der Waals surface area contributed by atoms with Crippen LogP contribution in [-0.4, -0.2) is 66.0 Å². The number of hydrogen-bond acceptors (Lipinski definition) is 7. The van der Waals surface area contributed by atoms with Gasteiger partial charge in [0, 0.05) is 25.7 Å².